The van der Waals surface area contributed by atoms with Gasteiger partial charge in [0, 0.05) is 25.1 Å². The van der Waals surface area contributed by atoms with Gasteiger partial charge in [-0.05, 0) is 69.9 Å². The fourth-order valence-electron chi connectivity index (χ4n) is 4.25. The normalized spacial score (nSPS) is 23.1. The molecule has 0 bridgehead atoms. The molecule has 1 atom stereocenters. The van der Waals surface area contributed by atoms with Gasteiger partial charge in [0.2, 0.25) is 0 Å². The molecule has 1 saturated carbocycles. The predicted octanol–water partition coefficient (Wildman–Crippen LogP) is 3.46. The average molecular weight is 347 g/mol. The van der Waals surface area contributed by atoms with Crippen molar-refractivity contribution in [3.63, 3.8) is 0 Å². The van der Waals surface area contributed by atoms with Crippen molar-refractivity contribution in [2.45, 2.75) is 51.2 Å². The number of nitrogens with one attached hydrogen (secondary N) is 1. The summed E-state index contributed by atoms with van der Waals surface area (Å²) in [5, 5.41) is 3.52. The number of hydrogen-bond donors (Lipinski definition) is 1. The van der Waals surface area contributed by atoms with Crippen LogP contribution in [0.5, 0.6) is 5.75 Å². The molecule has 4 heteroatoms. The Labute approximate surface area is 152 Å². The molecule has 1 aliphatic carbocycles. The van der Waals surface area contributed by atoms with Crippen LogP contribution < -0.4 is 10.1 Å². The number of nitrogens with zero attached hydrogens (tertiary/aromatic N) is 1. The second-order valence-corrected chi connectivity index (χ2v) is 7.97. The fourth-order valence-corrected chi connectivity index (χ4v) is 4.25. The van der Waals surface area contributed by atoms with Crippen LogP contribution in [-0.4, -0.2) is 51.3 Å². The van der Waals surface area contributed by atoms with E-state index in [0.29, 0.717) is 12.0 Å². The molecule has 1 N–H and O–H groups in total. The van der Waals surface area contributed by atoms with Gasteiger partial charge in [-0.1, -0.05) is 18.6 Å². The summed E-state index contributed by atoms with van der Waals surface area (Å²) in [7, 11) is 4.05. The molecule has 4 nitrogen and oxygen atoms in total. The fraction of sp³-hybridized carbons (Fsp3) is 0.714. The van der Waals surface area contributed by atoms with Gasteiger partial charge in [0.15, 0.2) is 0 Å². The Bertz CT molecular complexity index is 522. The predicted molar refractivity (Wildman–Crippen MR) is 102 cm³/mol. The molecule has 3 rings (SSSR count). The van der Waals surface area contributed by atoms with Gasteiger partial charge < -0.3 is 19.7 Å². The van der Waals surface area contributed by atoms with Gasteiger partial charge in [-0.15, -0.1) is 0 Å². The minimum Gasteiger partial charge on any atom is -0.493 e. The SMILES string of the molecule is COCc1cccc(OCC2(CN(C)C3CCCNCC3)CCC2)c1. The van der Waals surface area contributed by atoms with Crippen LogP contribution in [0, 0.1) is 5.41 Å². The monoisotopic (exact) mass is 346 g/mol. The molecular weight excluding hydrogens is 312 g/mol. The molecule has 2 aliphatic rings. The Morgan fingerprint density at radius 1 is 1.20 bits per heavy atom. The van der Waals surface area contributed by atoms with Crippen molar-refractivity contribution >= 4 is 0 Å². The zero-order chi connectivity index (χ0) is 17.5. The Hall–Kier alpha value is -1.10. The van der Waals surface area contributed by atoms with E-state index in [9.17, 15) is 0 Å². The zero-order valence-corrected chi connectivity index (χ0v) is 15.9. The third-order valence-electron chi connectivity index (χ3n) is 5.92. The summed E-state index contributed by atoms with van der Waals surface area (Å²) in [4.78, 5) is 2.61. The maximum absolute atomic E-state index is 6.22. The smallest absolute Gasteiger partial charge is 0.119 e. The standard InChI is InChI=1S/C21H34N2O2/c1-23(19-7-4-12-22-13-9-19)16-21(10-5-11-21)17-25-20-8-3-6-18(14-20)15-24-2/h3,6,8,14,19,22H,4-5,7,9-13,15-17H2,1-2H3. The first-order valence-electron chi connectivity index (χ1n) is 9.82. The molecule has 2 fully saturated rings. The molecule has 1 heterocycles. The average Bonchev–Trinajstić information content (AvgIpc) is 2.87. The lowest BCUT2D eigenvalue weighted by Gasteiger charge is -2.45. The molecule has 0 aromatic heterocycles. The quantitative estimate of drug-likeness (QED) is 0.782. The van der Waals surface area contributed by atoms with E-state index < -0.39 is 0 Å². The van der Waals surface area contributed by atoms with Gasteiger partial charge in [0.1, 0.15) is 5.75 Å². The Morgan fingerprint density at radius 2 is 2.08 bits per heavy atom. The third-order valence-corrected chi connectivity index (χ3v) is 5.92. The molecule has 1 aromatic rings. The largest absolute Gasteiger partial charge is 0.493 e. The molecular formula is C21H34N2O2. The summed E-state index contributed by atoms with van der Waals surface area (Å²) in [6.07, 6.45) is 7.81. The second kappa shape index (κ2) is 9.02. The van der Waals surface area contributed by atoms with Gasteiger partial charge in [-0.25, -0.2) is 0 Å². The number of methoxy groups -OCH3 is 1. The van der Waals surface area contributed by atoms with E-state index >= 15 is 0 Å². The highest BCUT2D eigenvalue weighted by Crippen LogP contribution is 2.42. The molecule has 140 valence electrons. The molecule has 1 aliphatic heterocycles. The second-order valence-electron chi connectivity index (χ2n) is 7.97. The van der Waals surface area contributed by atoms with Crippen molar-refractivity contribution < 1.29 is 9.47 Å². The van der Waals surface area contributed by atoms with Crippen molar-refractivity contribution in [3.8, 4) is 5.75 Å². The highest BCUT2D eigenvalue weighted by molar-refractivity contribution is 5.28. The summed E-state index contributed by atoms with van der Waals surface area (Å²) in [5.41, 5.74) is 1.51. The van der Waals surface area contributed by atoms with Gasteiger partial charge >= 0.3 is 0 Å². The first-order chi connectivity index (χ1) is 12.2. The summed E-state index contributed by atoms with van der Waals surface area (Å²) in [6, 6.07) is 9.03. The summed E-state index contributed by atoms with van der Waals surface area (Å²) < 4.78 is 11.4. The van der Waals surface area contributed by atoms with Crippen molar-refractivity contribution in [3.05, 3.63) is 29.8 Å². The van der Waals surface area contributed by atoms with Crippen LogP contribution in [0.3, 0.4) is 0 Å². The van der Waals surface area contributed by atoms with Crippen LogP contribution in [0.1, 0.15) is 44.1 Å². The third kappa shape index (κ3) is 5.19. The van der Waals surface area contributed by atoms with Crippen LogP contribution in [-0.2, 0) is 11.3 Å². The van der Waals surface area contributed by atoms with E-state index in [1.54, 1.807) is 7.11 Å². The van der Waals surface area contributed by atoms with E-state index in [1.165, 1.54) is 50.6 Å². The molecule has 0 radical (unpaired) electrons. The highest BCUT2D eigenvalue weighted by atomic mass is 16.5. The maximum atomic E-state index is 6.22. The zero-order valence-electron chi connectivity index (χ0n) is 15.9. The number of rotatable bonds is 8. The number of hydrogen-bond acceptors (Lipinski definition) is 4. The lowest BCUT2D eigenvalue weighted by molar-refractivity contribution is 0.0116. The molecule has 1 aromatic carbocycles. The van der Waals surface area contributed by atoms with Crippen molar-refractivity contribution in [2.75, 3.05) is 40.4 Å². The minimum atomic E-state index is 0.339. The Morgan fingerprint density at radius 3 is 2.84 bits per heavy atom. The number of ether oxygens (including phenoxy) is 2. The first-order valence-corrected chi connectivity index (χ1v) is 9.82. The van der Waals surface area contributed by atoms with Crippen LogP contribution >= 0.6 is 0 Å². The van der Waals surface area contributed by atoms with Gasteiger partial charge in [0.25, 0.3) is 0 Å². The van der Waals surface area contributed by atoms with E-state index in [4.69, 9.17) is 9.47 Å². The Kier molecular flexibility index (Phi) is 6.74. The van der Waals surface area contributed by atoms with Gasteiger partial charge in [-0.2, -0.15) is 0 Å². The van der Waals surface area contributed by atoms with E-state index in [2.05, 4.69) is 41.5 Å². The van der Waals surface area contributed by atoms with Crippen molar-refractivity contribution in [1.82, 2.24) is 10.2 Å². The molecule has 1 saturated heterocycles. The van der Waals surface area contributed by atoms with Crippen LogP contribution in [0.2, 0.25) is 0 Å². The van der Waals surface area contributed by atoms with E-state index in [-0.39, 0.29) is 0 Å². The lowest BCUT2D eigenvalue weighted by Crippen LogP contribution is -2.48. The molecule has 0 amide bonds. The van der Waals surface area contributed by atoms with Crippen LogP contribution in [0.15, 0.2) is 24.3 Å². The van der Waals surface area contributed by atoms with Crippen LogP contribution in [0.25, 0.3) is 0 Å². The summed E-state index contributed by atoms with van der Waals surface area (Å²) in [5.74, 6) is 0.974. The summed E-state index contributed by atoms with van der Waals surface area (Å²) >= 11 is 0. The topological polar surface area (TPSA) is 33.7 Å². The summed E-state index contributed by atoms with van der Waals surface area (Å²) in [6.45, 7) is 4.97. The lowest BCUT2D eigenvalue weighted by atomic mass is 9.69. The van der Waals surface area contributed by atoms with Crippen LogP contribution in [0.4, 0.5) is 0 Å². The minimum absolute atomic E-state index is 0.339. The first kappa shape index (κ1) is 18.7. The molecule has 0 spiro atoms. The van der Waals surface area contributed by atoms with Gasteiger partial charge in [-0.3, -0.25) is 0 Å². The van der Waals surface area contributed by atoms with E-state index in [1.807, 2.05) is 0 Å². The number of benzene rings is 1. The highest BCUT2D eigenvalue weighted by Gasteiger charge is 2.39. The van der Waals surface area contributed by atoms with Crippen molar-refractivity contribution in [2.24, 2.45) is 5.41 Å². The van der Waals surface area contributed by atoms with Gasteiger partial charge in [0.05, 0.1) is 13.2 Å². The van der Waals surface area contributed by atoms with E-state index in [0.717, 1.165) is 31.5 Å². The maximum Gasteiger partial charge on any atom is 0.119 e. The van der Waals surface area contributed by atoms with Crippen molar-refractivity contribution in [1.29, 1.82) is 0 Å². The molecule has 25 heavy (non-hydrogen) atoms. The molecule has 1 unspecified atom stereocenters. The Balaban J connectivity index is 1.54.